The van der Waals surface area contributed by atoms with E-state index in [1.165, 1.54) is 17.7 Å². The molecule has 2 aromatic rings. The van der Waals surface area contributed by atoms with E-state index in [0.29, 0.717) is 23.1 Å². The largest absolute Gasteiger partial charge is 0.445 e. The molecule has 2 heterocycles. The van der Waals surface area contributed by atoms with E-state index in [-0.39, 0.29) is 11.2 Å². The minimum absolute atomic E-state index is 0.284. The van der Waals surface area contributed by atoms with Crippen LogP contribution in [0.15, 0.2) is 26.3 Å². The molecule has 0 bridgehead atoms. The third-order valence-corrected chi connectivity index (χ3v) is 4.00. The Morgan fingerprint density at radius 3 is 2.65 bits per heavy atom. The molecule has 0 aliphatic carbocycles. The van der Waals surface area contributed by atoms with Gasteiger partial charge in [-0.15, -0.1) is 11.8 Å². The molecule has 20 heavy (non-hydrogen) atoms. The van der Waals surface area contributed by atoms with Gasteiger partial charge in [-0.05, 0) is 0 Å². The van der Waals surface area contributed by atoms with E-state index in [9.17, 15) is 9.59 Å². The van der Waals surface area contributed by atoms with Gasteiger partial charge in [0.1, 0.15) is 5.76 Å². The third kappa shape index (κ3) is 3.04. The summed E-state index contributed by atoms with van der Waals surface area (Å²) in [6, 6.07) is 1.49. The first-order valence-electron chi connectivity index (χ1n) is 6.30. The van der Waals surface area contributed by atoms with Crippen molar-refractivity contribution >= 4 is 11.8 Å². The van der Waals surface area contributed by atoms with Gasteiger partial charge >= 0.3 is 5.69 Å². The number of thioether (sulfide) groups is 1. The summed E-state index contributed by atoms with van der Waals surface area (Å²) in [6.07, 6.45) is 2.55. The number of hydrogen-bond acceptors (Lipinski definition) is 5. The molecule has 2 rings (SSSR count). The zero-order chi connectivity index (χ0) is 14.7. The standard InChI is InChI=1S/C13H17N3O3S/c1-4-10-6-14-11(19-10)8-20-7-9-5-12(17)16(3)13(18)15(9)2/h5-6H,4,7-8H2,1-3H3. The van der Waals surface area contributed by atoms with E-state index < -0.39 is 0 Å². The molecule has 0 fully saturated rings. The van der Waals surface area contributed by atoms with Gasteiger partial charge in [0.25, 0.3) is 5.56 Å². The molecule has 0 radical (unpaired) electrons. The van der Waals surface area contributed by atoms with Crippen molar-refractivity contribution in [3.63, 3.8) is 0 Å². The smallest absolute Gasteiger partial charge is 0.330 e. The molecule has 0 amide bonds. The fourth-order valence-corrected chi connectivity index (χ4v) is 2.63. The van der Waals surface area contributed by atoms with Crippen molar-refractivity contribution in [2.45, 2.75) is 24.9 Å². The van der Waals surface area contributed by atoms with Gasteiger partial charge in [-0.3, -0.25) is 13.9 Å². The summed E-state index contributed by atoms with van der Waals surface area (Å²) in [7, 11) is 3.14. The van der Waals surface area contributed by atoms with Gasteiger partial charge < -0.3 is 4.42 Å². The van der Waals surface area contributed by atoms with E-state index in [1.807, 2.05) is 6.92 Å². The number of aromatic nitrogens is 3. The summed E-state index contributed by atoms with van der Waals surface area (Å²) in [5, 5.41) is 0. The van der Waals surface area contributed by atoms with Gasteiger partial charge in [0.15, 0.2) is 0 Å². The highest BCUT2D eigenvalue weighted by Gasteiger charge is 2.07. The maximum Gasteiger partial charge on any atom is 0.330 e. The monoisotopic (exact) mass is 295 g/mol. The Kier molecular flexibility index (Phi) is 4.49. The van der Waals surface area contributed by atoms with E-state index in [0.717, 1.165) is 16.7 Å². The van der Waals surface area contributed by atoms with Crippen LogP contribution in [-0.4, -0.2) is 14.1 Å². The fraction of sp³-hybridized carbons (Fsp3) is 0.462. The Labute approximate surface area is 120 Å². The van der Waals surface area contributed by atoms with Gasteiger partial charge in [0.05, 0.1) is 11.9 Å². The fourth-order valence-electron chi connectivity index (χ4n) is 1.74. The normalized spacial score (nSPS) is 10.9. The van der Waals surface area contributed by atoms with Crippen molar-refractivity contribution < 1.29 is 4.42 Å². The Morgan fingerprint density at radius 1 is 1.25 bits per heavy atom. The highest BCUT2D eigenvalue weighted by atomic mass is 32.2. The van der Waals surface area contributed by atoms with Crippen LogP contribution in [0.2, 0.25) is 0 Å². The number of oxazole rings is 1. The Balaban J connectivity index is 2.04. The minimum Gasteiger partial charge on any atom is -0.445 e. The summed E-state index contributed by atoms with van der Waals surface area (Å²) < 4.78 is 8.08. The predicted molar refractivity (Wildman–Crippen MR) is 77.8 cm³/mol. The number of nitrogens with zero attached hydrogens (tertiary/aromatic N) is 3. The third-order valence-electron chi connectivity index (χ3n) is 3.05. The molecule has 2 aromatic heterocycles. The second-order valence-electron chi connectivity index (χ2n) is 4.44. The SMILES string of the molecule is CCc1cnc(CSCc2cc(=O)n(C)c(=O)n2C)o1. The van der Waals surface area contributed by atoms with E-state index in [4.69, 9.17) is 4.42 Å². The predicted octanol–water partition coefficient (Wildman–Crippen LogP) is 1.07. The molecule has 0 N–H and O–H groups in total. The summed E-state index contributed by atoms with van der Waals surface area (Å²) in [5.74, 6) is 2.71. The van der Waals surface area contributed by atoms with Crippen molar-refractivity contribution in [2.24, 2.45) is 14.1 Å². The van der Waals surface area contributed by atoms with Gasteiger partial charge in [-0.1, -0.05) is 6.92 Å². The summed E-state index contributed by atoms with van der Waals surface area (Å²) in [5.41, 5.74) is 0.107. The van der Waals surface area contributed by atoms with Crippen LogP contribution in [-0.2, 0) is 32.0 Å². The second kappa shape index (κ2) is 6.13. The maximum absolute atomic E-state index is 11.8. The Hall–Kier alpha value is -1.76. The summed E-state index contributed by atoms with van der Waals surface area (Å²) in [6.45, 7) is 2.01. The molecule has 7 heteroatoms. The number of aryl methyl sites for hydroxylation is 1. The maximum atomic E-state index is 11.8. The van der Waals surface area contributed by atoms with Gasteiger partial charge in [0, 0.05) is 38.0 Å². The zero-order valence-electron chi connectivity index (χ0n) is 11.8. The van der Waals surface area contributed by atoms with Crippen LogP contribution in [0.4, 0.5) is 0 Å². The summed E-state index contributed by atoms with van der Waals surface area (Å²) >= 11 is 1.56. The Bertz CT molecular complexity index is 714. The molecule has 6 nitrogen and oxygen atoms in total. The highest BCUT2D eigenvalue weighted by molar-refractivity contribution is 7.97. The molecule has 0 aliphatic heterocycles. The van der Waals surface area contributed by atoms with Crippen LogP contribution in [0.5, 0.6) is 0 Å². The molecule has 0 saturated heterocycles. The lowest BCUT2D eigenvalue weighted by atomic mass is 10.4. The van der Waals surface area contributed by atoms with Crippen molar-refractivity contribution in [3.05, 3.63) is 50.4 Å². The minimum atomic E-state index is -0.308. The lowest BCUT2D eigenvalue weighted by molar-refractivity contribution is 0.476. The first kappa shape index (κ1) is 14.6. The molecule has 0 saturated carbocycles. The number of rotatable bonds is 5. The van der Waals surface area contributed by atoms with Crippen molar-refractivity contribution in [3.8, 4) is 0 Å². The lowest BCUT2D eigenvalue weighted by Crippen LogP contribution is -2.37. The van der Waals surface area contributed by atoms with Gasteiger partial charge in [-0.25, -0.2) is 9.78 Å². The second-order valence-corrected chi connectivity index (χ2v) is 5.43. The van der Waals surface area contributed by atoms with Gasteiger partial charge in [-0.2, -0.15) is 0 Å². The molecule has 108 valence electrons. The van der Waals surface area contributed by atoms with Gasteiger partial charge in [0.2, 0.25) is 5.89 Å². The molecular formula is C13H17N3O3S. The quantitative estimate of drug-likeness (QED) is 0.825. The average Bonchev–Trinajstić information content (AvgIpc) is 2.90. The molecular weight excluding hydrogens is 278 g/mol. The van der Waals surface area contributed by atoms with Crippen molar-refractivity contribution in [2.75, 3.05) is 0 Å². The van der Waals surface area contributed by atoms with Crippen LogP contribution >= 0.6 is 11.8 Å². The summed E-state index contributed by atoms with van der Waals surface area (Å²) in [4.78, 5) is 27.5. The first-order valence-corrected chi connectivity index (χ1v) is 7.45. The van der Waals surface area contributed by atoms with Crippen LogP contribution in [0, 0.1) is 0 Å². The molecule has 0 atom stereocenters. The molecule has 0 spiro atoms. The topological polar surface area (TPSA) is 70.0 Å². The first-order chi connectivity index (χ1) is 9.52. The zero-order valence-corrected chi connectivity index (χ0v) is 12.6. The number of hydrogen-bond donors (Lipinski definition) is 0. The molecule has 0 aliphatic rings. The molecule has 0 unspecified atom stereocenters. The van der Waals surface area contributed by atoms with Crippen LogP contribution < -0.4 is 11.2 Å². The van der Waals surface area contributed by atoms with Crippen LogP contribution in [0.1, 0.15) is 24.3 Å². The Morgan fingerprint density at radius 2 is 2.00 bits per heavy atom. The highest BCUT2D eigenvalue weighted by Crippen LogP contribution is 2.16. The lowest BCUT2D eigenvalue weighted by Gasteiger charge is -2.08. The van der Waals surface area contributed by atoms with E-state index >= 15 is 0 Å². The van der Waals surface area contributed by atoms with E-state index in [1.54, 1.807) is 25.0 Å². The van der Waals surface area contributed by atoms with Crippen molar-refractivity contribution in [1.82, 2.24) is 14.1 Å². The van der Waals surface area contributed by atoms with Crippen molar-refractivity contribution in [1.29, 1.82) is 0 Å². The van der Waals surface area contributed by atoms with Crippen LogP contribution in [0.25, 0.3) is 0 Å². The molecule has 0 aromatic carbocycles. The average molecular weight is 295 g/mol. The van der Waals surface area contributed by atoms with Crippen LogP contribution in [0.3, 0.4) is 0 Å². The van der Waals surface area contributed by atoms with E-state index in [2.05, 4.69) is 4.98 Å².